The van der Waals surface area contributed by atoms with Crippen molar-refractivity contribution in [2.75, 3.05) is 38.2 Å². The third kappa shape index (κ3) is 6.34. The molecule has 1 aliphatic rings. The van der Waals surface area contributed by atoms with Gasteiger partial charge in [0.15, 0.2) is 5.96 Å². The monoisotopic (exact) mass is 484 g/mol. The number of rotatable bonds is 7. The molecule has 0 bridgehead atoms. The van der Waals surface area contributed by atoms with Gasteiger partial charge in [-0.3, -0.25) is 0 Å². The highest BCUT2D eigenvalue weighted by atomic mass is 127. The maximum absolute atomic E-state index is 5.34. The van der Waals surface area contributed by atoms with Gasteiger partial charge >= 0.3 is 0 Å². The molecule has 6 nitrogen and oxygen atoms in total. The SMILES string of the molecule is CCNC(=NCc1ccco1)NCC1CCN(c2cccc(OC)c2)C1.I. The molecule has 0 amide bonds. The fourth-order valence-corrected chi connectivity index (χ4v) is 3.18. The van der Waals surface area contributed by atoms with Crippen LogP contribution < -0.4 is 20.3 Å². The van der Waals surface area contributed by atoms with Crippen molar-refractivity contribution in [2.45, 2.75) is 19.9 Å². The average molecular weight is 484 g/mol. The molecule has 1 fully saturated rings. The first-order chi connectivity index (χ1) is 12.8. The van der Waals surface area contributed by atoms with Crippen molar-refractivity contribution in [2.24, 2.45) is 10.9 Å². The maximum Gasteiger partial charge on any atom is 0.191 e. The maximum atomic E-state index is 5.34. The normalized spacial score (nSPS) is 16.7. The summed E-state index contributed by atoms with van der Waals surface area (Å²) >= 11 is 0. The Hall–Kier alpha value is -1.90. The Labute approximate surface area is 178 Å². The first kappa shape index (κ1) is 21.4. The van der Waals surface area contributed by atoms with Gasteiger partial charge in [-0.2, -0.15) is 0 Å². The van der Waals surface area contributed by atoms with Crippen molar-refractivity contribution < 1.29 is 9.15 Å². The zero-order valence-corrected chi connectivity index (χ0v) is 18.3. The highest BCUT2D eigenvalue weighted by Gasteiger charge is 2.23. The minimum Gasteiger partial charge on any atom is -0.497 e. The number of furan rings is 1. The minimum absolute atomic E-state index is 0. The Morgan fingerprint density at radius 3 is 2.93 bits per heavy atom. The highest BCUT2D eigenvalue weighted by Crippen LogP contribution is 2.26. The first-order valence-electron chi connectivity index (χ1n) is 9.22. The van der Waals surface area contributed by atoms with Crippen LogP contribution in [0.1, 0.15) is 19.1 Å². The van der Waals surface area contributed by atoms with Crippen molar-refractivity contribution in [3.05, 3.63) is 48.4 Å². The van der Waals surface area contributed by atoms with Gasteiger partial charge < -0.3 is 24.7 Å². The molecule has 1 aliphatic heterocycles. The van der Waals surface area contributed by atoms with Crippen molar-refractivity contribution >= 4 is 35.6 Å². The second-order valence-electron chi connectivity index (χ2n) is 6.46. The predicted octanol–water partition coefficient (Wildman–Crippen LogP) is 3.49. The van der Waals surface area contributed by atoms with E-state index in [1.807, 2.05) is 24.3 Å². The van der Waals surface area contributed by atoms with Gasteiger partial charge in [0.2, 0.25) is 0 Å². The van der Waals surface area contributed by atoms with E-state index < -0.39 is 0 Å². The van der Waals surface area contributed by atoms with E-state index in [0.717, 1.165) is 43.6 Å². The van der Waals surface area contributed by atoms with Crippen molar-refractivity contribution in [1.82, 2.24) is 10.6 Å². The lowest BCUT2D eigenvalue weighted by molar-refractivity contribution is 0.415. The highest BCUT2D eigenvalue weighted by molar-refractivity contribution is 14.0. The molecule has 0 aliphatic carbocycles. The molecule has 2 aromatic rings. The van der Waals surface area contributed by atoms with E-state index in [1.54, 1.807) is 13.4 Å². The second-order valence-corrected chi connectivity index (χ2v) is 6.46. The van der Waals surface area contributed by atoms with Crippen LogP contribution >= 0.6 is 24.0 Å². The summed E-state index contributed by atoms with van der Waals surface area (Å²) in [6.45, 7) is 6.47. The Balaban J connectivity index is 0.00000261. The van der Waals surface area contributed by atoms with E-state index >= 15 is 0 Å². The quantitative estimate of drug-likeness (QED) is 0.358. The van der Waals surface area contributed by atoms with E-state index in [1.165, 1.54) is 12.1 Å². The van der Waals surface area contributed by atoms with Gasteiger partial charge in [-0.15, -0.1) is 24.0 Å². The van der Waals surface area contributed by atoms with Gasteiger partial charge in [0, 0.05) is 37.9 Å². The number of halogens is 1. The van der Waals surface area contributed by atoms with Crippen LogP contribution in [-0.2, 0) is 6.54 Å². The van der Waals surface area contributed by atoms with Crippen LogP contribution in [0.5, 0.6) is 5.75 Å². The van der Waals surface area contributed by atoms with E-state index in [4.69, 9.17) is 9.15 Å². The molecule has 3 rings (SSSR count). The van der Waals surface area contributed by atoms with Crippen LogP contribution in [-0.4, -0.2) is 39.2 Å². The van der Waals surface area contributed by atoms with E-state index in [9.17, 15) is 0 Å². The number of guanidine groups is 1. The number of anilines is 1. The number of nitrogens with one attached hydrogen (secondary N) is 2. The van der Waals surface area contributed by atoms with Crippen molar-refractivity contribution in [1.29, 1.82) is 0 Å². The number of aliphatic imine (C=N–C) groups is 1. The molecule has 2 N–H and O–H groups in total. The fourth-order valence-electron chi connectivity index (χ4n) is 3.18. The Kier molecular flexibility index (Phi) is 8.77. The molecule has 1 aromatic carbocycles. The van der Waals surface area contributed by atoms with Gasteiger partial charge in [-0.25, -0.2) is 4.99 Å². The van der Waals surface area contributed by atoms with E-state index in [2.05, 4.69) is 39.6 Å². The predicted molar refractivity (Wildman–Crippen MR) is 120 cm³/mol. The Morgan fingerprint density at radius 2 is 2.19 bits per heavy atom. The summed E-state index contributed by atoms with van der Waals surface area (Å²) in [7, 11) is 1.71. The van der Waals surface area contributed by atoms with Crippen LogP contribution in [0.4, 0.5) is 5.69 Å². The largest absolute Gasteiger partial charge is 0.497 e. The molecule has 0 spiro atoms. The average Bonchev–Trinajstić information content (AvgIpc) is 3.36. The van der Waals surface area contributed by atoms with E-state index in [-0.39, 0.29) is 24.0 Å². The molecule has 2 heterocycles. The number of benzene rings is 1. The molecular formula is C20H29IN4O2. The molecule has 7 heteroatoms. The van der Waals surface area contributed by atoms with Crippen molar-refractivity contribution in [3.8, 4) is 5.75 Å². The van der Waals surface area contributed by atoms with Gasteiger partial charge in [0.05, 0.1) is 13.4 Å². The first-order valence-corrected chi connectivity index (χ1v) is 9.22. The van der Waals surface area contributed by atoms with Crippen LogP contribution in [0.2, 0.25) is 0 Å². The summed E-state index contributed by atoms with van der Waals surface area (Å²) in [5, 5.41) is 6.76. The number of hydrogen-bond donors (Lipinski definition) is 2. The van der Waals surface area contributed by atoms with Gasteiger partial charge in [-0.1, -0.05) is 6.07 Å². The fraction of sp³-hybridized carbons (Fsp3) is 0.450. The Morgan fingerprint density at radius 1 is 1.30 bits per heavy atom. The lowest BCUT2D eigenvalue weighted by Gasteiger charge is -2.20. The topological polar surface area (TPSA) is 62.0 Å². The molecule has 1 atom stereocenters. The lowest BCUT2D eigenvalue weighted by atomic mass is 10.1. The van der Waals surface area contributed by atoms with Gasteiger partial charge in [0.25, 0.3) is 0 Å². The number of methoxy groups -OCH3 is 1. The summed E-state index contributed by atoms with van der Waals surface area (Å²) in [5.41, 5.74) is 1.23. The summed E-state index contributed by atoms with van der Waals surface area (Å²) in [6, 6.07) is 12.1. The van der Waals surface area contributed by atoms with Crippen molar-refractivity contribution in [3.63, 3.8) is 0 Å². The molecular weight excluding hydrogens is 455 g/mol. The van der Waals surface area contributed by atoms with Gasteiger partial charge in [-0.05, 0) is 43.5 Å². The molecule has 148 valence electrons. The summed E-state index contributed by atoms with van der Waals surface area (Å²) in [5.74, 6) is 3.20. The van der Waals surface area contributed by atoms with Crippen LogP contribution in [0.3, 0.4) is 0 Å². The smallest absolute Gasteiger partial charge is 0.191 e. The molecule has 1 aromatic heterocycles. The second kappa shape index (κ2) is 11.1. The zero-order valence-electron chi connectivity index (χ0n) is 16.0. The standard InChI is InChI=1S/C20H28N4O2.HI/c1-3-21-20(23-14-19-8-5-11-26-19)22-13-16-9-10-24(15-16)17-6-4-7-18(12-17)25-2;/h4-8,11-12,16H,3,9-10,13-15H2,1-2H3,(H2,21,22,23);1H. The summed E-state index contributed by atoms with van der Waals surface area (Å²) in [6.07, 6.45) is 2.85. The van der Waals surface area contributed by atoms with Crippen LogP contribution in [0.15, 0.2) is 52.1 Å². The molecule has 27 heavy (non-hydrogen) atoms. The molecule has 1 saturated heterocycles. The lowest BCUT2D eigenvalue weighted by Crippen LogP contribution is -2.40. The summed E-state index contributed by atoms with van der Waals surface area (Å²) < 4.78 is 10.7. The summed E-state index contributed by atoms with van der Waals surface area (Å²) in [4.78, 5) is 7.01. The zero-order chi connectivity index (χ0) is 18.2. The Bertz CT molecular complexity index is 706. The number of nitrogens with zero attached hydrogens (tertiary/aromatic N) is 2. The van der Waals surface area contributed by atoms with Crippen LogP contribution in [0.25, 0.3) is 0 Å². The van der Waals surface area contributed by atoms with Crippen LogP contribution in [0, 0.1) is 5.92 Å². The molecule has 0 radical (unpaired) electrons. The molecule has 1 unspecified atom stereocenters. The van der Waals surface area contributed by atoms with Gasteiger partial charge in [0.1, 0.15) is 18.1 Å². The third-order valence-corrected chi connectivity index (χ3v) is 4.58. The minimum atomic E-state index is 0. The van der Waals surface area contributed by atoms with E-state index in [0.29, 0.717) is 12.5 Å². The number of ether oxygens (including phenoxy) is 1. The molecule has 0 saturated carbocycles. The third-order valence-electron chi connectivity index (χ3n) is 4.58. The number of hydrogen-bond acceptors (Lipinski definition) is 4.